The molecule has 0 aliphatic carbocycles. The molecule has 3 N–H and O–H groups in total. The smallest absolute Gasteiger partial charge is 0.341 e. The molecular formula is C23H25N3O4S3. The first-order valence-corrected chi connectivity index (χ1v) is 13.0. The number of aryl methyl sites for hydroxylation is 1. The number of thiophene rings is 1. The summed E-state index contributed by atoms with van der Waals surface area (Å²) in [5.41, 5.74) is 2.76. The zero-order valence-electron chi connectivity index (χ0n) is 18.5. The van der Waals surface area contributed by atoms with Crippen molar-refractivity contribution >= 4 is 55.3 Å². The molecule has 0 unspecified atom stereocenters. The summed E-state index contributed by atoms with van der Waals surface area (Å²) < 4.78 is 32.0. The number of hydrogen-bond acceptors (Lipinski definition) is 6. The quantitative estimate of drug-likeness (QED) is 0.294. The van der Waals surface area contributed by atoms with Crippen molar-refractivity contribution in [2.75, 3.05) is 23.8 Å². The van der Waals surface area contributed by atoms with Crippen LogP contribution in [-0.4, -0.2) is 32.7 Å². The average Bonchev–Trinajstić information content (AvgIpc) is 3.10. The van der Waals surface area contributed by atoms with Gasteiger partial charge in [-0.3, -0.25) is 0 Å². The maximum absolute atomic E-state index is 12.8. The van der Waals surface area contributed by atoms with E-state index in [1.54, 1.807) is 26.0 Å². The minimum Gasteiger partial charge on any atom is -0.462 e. The van der Waals surface area contributed by atoms with Crippen LogP contribution in [0.4, 0.5) is 10.7 Å². The lowest BCUT2D eigenvalue weighted by Gasteiger charge is -2.12. The standard InChI is InChI=1S/C23H25N3O4S3/c1-4-24-33(28,29)18-13-11-17(12-14-18)25-23(31)26-21-20(22(27)30-5-2)19(15(3)32-21)16-9-7-6-8-10-16/h6-14,24H,4-5H2,1-3H3,(H2,25,26,31). The van der Waals surface area contributed by atoms with E-state index >= 15 is 0 Å². The normalized spacial score (nSPS) is 11.1. The maximum Gasteiger partial charge on any atom is 0.341 e. The first kappa shape index (κ1) is 24.8. The van der Waals surface area contributed by atoms with Gasteiger partial charge in [0, 0.05) is 22.7 Å². The van der Waals surface area contributed by atoms with Gasteiger partial charge in [0.1, 0.15) is 10.6 Å². The van der Waals surface area contributed by atoms with Crippen LogP contribution in [0.1, 0.15) is 29.1 Å². The average molecular weight is 504 g/mol. The van der Waals surface area contributed by atoms with E-state index in [9.17, 15) is 13.2 Å². The second-order valence-corrected chi connectivity index (χ2v) is 10.3. The van der Waals surface area contributed by atoms with Crippen molar-refractivity contribution in [3.8, 4) is 11.1 Å². The van der Waals surface area contributed by atoms with Crippen LogP contribution in [-0.2, 0) is 14.8 Å². The lowest BCUT2D eigenvalue weighted by atomic mass is 10.0. The molecule has 7 nitrogen and oxygen atoms in total. The molecule has 0 radical (unpaired) electrons. The number of hydrogen-bond donors (Lipinski definition) is 3. The van der Waals surface area contributed by atoms with E-state index in [4.69, 9.17) is 17.0 Å². The fourth-order valence-electron chi connectivity index (χ4n) is 3.24. The van der Waals surface area contributed by atoms with Crippen LogP contribution in [0.5, 0.6) is 0 Å². The third-order valence-electron chi connectivity index (χ3n) is 4.61. The topological polar surface area (TPSA) is 96.5 Å². The Bertz CT molecular complexity index is 1240. The van der Waals surface area contributed by atoms with E-state index in [0.717, 1.165) is 16.0 Å². The van der Waals surface area contributed by atoms with Crippen LogP contribution in [0.3, 0.4) is 0 Å². The van der Waals surface area contributed by atoms with Gasteiger partial charge in [-0.05, 0) is 55.9 Å². The highest BCUT2D eigenvalue weighted by molar-refractivity contribution is 7.89. The van der Waals surface area contributed by atoms with Crippen molar-refractivity contribution < 1.29 is 17.9 Å². The van der Waals surface area contributed by atoms with Crippen LogP contribution < -0.4 is 15.4 Å². The molecule has 2 aromatic carbocycles. The number of esters is 1. The second kappa shape index (κ2) is 10.9. The zero-order valence-corrected chi connectivity index (χ0v) is 20.9. The summed E-state index contributed by atoms with van der Waals surface area (Å²) in [4.78, 5) is 13.9. The van der Waals surface area contributed by atoms with Gasteiger partial charge in [-0.1, -0.05) is 37.3 Å². The van der Waals surface area contributed by atoms with Crippen molar-refractivity contribution in [3.63, 3.8) is 0 Å². The fraction of sp³-hybridized carbons (Fsp3) is 0.217. The molecule has 0 amide bonds. The van der Waals surface area contributed by atoms with Crippen molar-refractivity contribution in [1.82, 2.24) is 4.72 Å². The Morgan fingerprint density at radius 3 is 2.30 bits per heavy atom. The molecular weight excluding hydrogens is 478 g/mol. The summed E-state index contributed by atoms with van der Waals surface area (Å²) in [6.07, 6.45) is 0. The molecule has 0 aliphatic rings. The van der Waals surface area contributed by atoms with Gasteiger partial charge in [-0.2, -0.15) is 0 Å². The summed E-state index contributed by atoms with van der Waals surface area (Å²) in [6, 6.07) is 15.9. The number of sulfonamides is 1. The minimum absolute atomic E-state index is 0.166. The van der Waals surface area contributed by atoms with Crippen LogP contribution in [0.2, 0.25) is 0 Å². The third-order valence-corrected chi connectivity index (χ3v) is 7.40. The molecule has 3 aromatic rings. The summed E-state index contributed by atoms with van der Waals surface area (Å²) in [5.74, 6) is -0.427. The summed E-state index contributed by atoms with van der Waals surface area (Å²) in [7, 11) is -3.53. The number of ether oxygens (including phenoxy) is 1. The molecule has 0 saturated heterocycles. The van der Waals surface area contributed by atoms with Gasteiger partial charge in [-0.25, -0.2) is 17.9 Å². The molecule has 3 rings (SSSR count). The van der Waals surface area contributed by atoms with Gasteiger partial charge >= 0.3 is 5.97 Å². The molecule has 0 saturated carbocycles. The Balaban J connectivity index is 1.84. The summed E-state index contributed by atoms with van der Waals surface area (Å²) in [5, 5.41) is 6.97. The first-order chi connectivity index (χ1) is 15.8. The largest absolute Gasteiger partial charge is 0.462 e. The van der Waals surface area contributed by atoms with Gasteiger partial charge in [0.25, 0.3) is 0 Å². The number of thiocarbonyl (C=S) groups is 1. The molecule has 1 aromatic heterocycles. The highest BCUT2D eigenvalue weighted by Gasteiger charge is 2.25. The second-order valence-electron chi connectivity index (χ2n) is 6.93. The molecule has 174 valence electrons. The molecule has 1 heterocycles. The van der Waals surface area contributed by atoms with Crippen LogP contribution >= 0.6 is 23.6 Å². The lowest BCUT2D eigenvalue weighted by molar-refractivity contribution is 0.0529. The Hall–Kier alpha value is -2.79. The third kappa shape index (κ3) is 5.97. The fourth-order valence-corrected chi connectivity index (χ4v) is 5.63. The molecule has 0 spiro atoms. The molecule has 0 bridgehead atoms. The number of rotatable bonds is 8. The van der Waals surface area contributed by atoms with E-state index in [1.807, 2.05) is 37.3 Å². The van der Waals surface area contributed by atoms with Gasteiger partial charge in [0.05, 0.1) is 11.5 Å². The monoisotopic (exact) mass is 503 g/mol. The predicted octanol–water partition coefficient (Wildman–Crippen LogP) is 5.01. The number of nitrogens with one attached hydrogen (secondary N) is 3. The Kier molecular flexibility index (Phi) is 8.20. The Morgan fingerprint density at radius 1 is 1.03 bits per heavy atom. The SMILES string of the molecule is CCNS(=O)(=O)c1ccc(NC(=S)Nc2sc(C)c(-c3ccccc3)c2C(=O)OCC)cc1. The Morgan fingerprint density at radius 2 is 1.70 bits per heavy atom. The number of carbonyl (C=O) groups is 1. The van der Waals surface area contributed by atoms with Gasteiger partial charge in [0.15, 0.2) is 5.11 Å². The summed E-state index contributed by atoms with van der Waals surface area (Å²) >= 11 is 6.86. The molecule has 0 atom stereocenters. The zero-order chi connectivity index (χ0) is 24.0. The van der Waals surface area contributed by atoms with Crippen molar-refractivity contribution in [3.05, 3.63) is 65.0 Å². The highest BCUT2D eigenvalue weighted by Crippen LogP contribution is 2.40. The molecule has 0 aliphatic heterocycles. The Labute approximate surface area is 203 Å². The predicted molar refractivity (Wildman–Crippen MR) is 138 cm³/mol. The van der Waals surface area contributed by atoms with Crippen molar-refractivity contribution in [2.45, 2.75) is 25.7 Å². The maximum atomic E-state index is 12.8. The number of benzene rings is 2. The van der Waals surface area contributed by atoms with Gasteiger partial charge in [0.2, 0.25) is 10.0 Å². The summed E-state index contributed by atoms with van der Waals surface area (Å²) in [6.45, 7) is 5.99. The lowest BCUT2D eigenvalue weighted by Crippen LogP contribution is -2.23. The minimum atomic E-state index is -3.53. The van der Waals surface area contributed by atoms with E-state index in [0.29, 0.717) is 22.8 Å². The van der Waals surface area contributed by atoms with E-state index in [1.165, 1.54) is 23.5 Å². The van der Waals surface area contributed by atoms with Crippen LogP contribution in [0.25, 0.3) is 11.1 Å². The number of carbonyl (C=O) groups excluding carboxylic acids is 1. The van der Waals surface area contributed by atoms with E-state index < -0.39 is 16.0 Å². The first-order valence-electron chi connectivity index (χ1n) is 10.3. The highest BCUT2D eigenvalue weighted by atomic mass is 32.2. The van der Waals surface area contributed by atoms with Crippen LogP contribution in [0, 0.1) is 6.92 Å². The molecule has 0 fully saturated rings. The van der Waals surface area contributed by atoms with Crippen LogP contribution in [0.15, 0.2) is 59.5 Å². The van der Waals surface area contributed by atoms with Crippen molar-refractivity contribution in [2.24, 2.45) is 0 Å². The van der Waals surface area contributed by atoms with Crippen molar-refractivity contribution in [1.29, 1.82) is 0 Å². The van der Waals surface area contributed by atoms with Gasteiger partial charge < -0.3 is 15.4 Å². The van der Waals surface area contributed by atoms with Gasteiger partial charge in [-0.15, -0.1) is 11.3 Å². The molecule has 10 heteroatoms. The van der Waals surface area contributed by atoms with E-state index in [2.05, 4.69) is 15.4 Å². The number of anilines is 2. The molecule has 33 heavy (non-hydrogen) atoms. The van der Waals surface area contributed by atoms with E-state index in [-0.39, 0.29) is 16.6 Å².